The van der Waals surface area contributed by atoms with Crippen molar-refractivity contribution in [1.29, 1.82) is 0 Å². The number of rotatable bonds is 8. The third-order valence-corrected chi connectivity index (χ3v) is 3.57. The second-order valence-electron chi connectivity index (χ2n) is 5.73. The highest BCUT2D eigenvalue weighted by atomic mass is 16.5. The van der Waals surface area contributed by atoms with Gasteiger partial charge in [-0.3, -0.25) is 4.79 Å². The van der Waals surface area contributed by atoms with Crippen LogP contribution in [-0.4, -0.2) is 29.1 Å². The van der Waals surface area contributed by atoms with Gasteiger partial charge < -0.3 is 15.2 Å². The summed E-state index contributed by atoms with van der Waals surface area (Å²) >= 11 is 0. The fourth-order valence-corrected chi connectivity index (χ4v) is 1.92. The molecule has 0 bridgehead atoms. The highest BCUT2D eigenvalue weighted by Crippen LogP contribution is 2.11. The van der Waals surface area contributed by atoms with Gasteiger partial charge in [0.2, 0.25) is 0 Å². The quantitative estimate of drug-likeness (QED) is 0.774. The summed E-state index contributed by atoms with van der Waals surface area (Å²) in [6, 6.07) is 6.13. The van der Waals surface area contributed by atoms with Crippen molar-refractivity contribution < 1.29 is 19.4 Å². The van der Waals surface area contributed by atoms with E-state index in [9.17, 15) is 14.7 Å². The van der Waals surface area contributed by atoms with Crippen LogP contribution in [-0.2, 0) is 16.1 Å². The van der Waals surface area contributed by atoms with Crippen LogP contribution in [0.15, 0.2) is 24.3 Å². The minimum Gasteiger partial charge on any atom is -0.480 e. The first kappa shape index (κ1) is 18.2. The Hall–Kier alpha value is -1.88. The smallest absolute Gasteiger partial charge is 0.326 e. The molecule has 0 saturated heterocycles. The molecule has 0 heterocycles. The lowest BCUT2D eigenvalue weighted by Gasteiger charge is -2.20. The van der Waals surface area contributed by atoms with Gasteiger partial charge in [-0.15, -0.1) is 0 Å². The number of hydrogen-bond donors (Lipinski definition) is 2. The Morgan fingerprint density at radius 1 is 1.18 bits per heavy atom. The van der Waals surface area contributed by atoms with E-state index < -0.39 is 12.0 Å². The lowest BCUT2D eigenvalue weighted by Crippen LogP contribution is -2.45. The van der Waals surface area contributed by atoms with Crippen molar-refractivity contribution in [2.75, 3.05) is 0 Å². The van der Waals surface area contributed by atoms with Gasteiger partial charge in [-0.2, -0.15) is 0 Å². The predicted octanol–water partition coefficient (Wildman–Crippen LogP) is 2.84. The van der Waals surface area contributed by atoms with E-state index in [0.717, 1.165) is 5.56 Å². The molecule has 0 unspecified atom stereocenters. The third kappa shape index (κ3) is 5.48. The third-order valence-electron chi connectivity index (χ3n) is 3.57. The van der Waals surface area contributed by atoms with Crippen LogP contribution in [0.25, 0.3) is 0 Å². The largest absolute Gasteiger partial charge is 0.480 e. The number of carboxylic acid groups (broad SMARTS) is 1. The summed E-state index contributed by atoms with van der Waals surface area (Å²) in [6.07, 6.45) is 0.831. The maximum Gasteiger partial charge on any atom is 0.326 e. The van der Waals surface area contributed by atoms with Crippen molar-refractivity contribution in [3.05, 3.63) is 35.4 Å². The average molecular weight is 307 g/mol. The minimum absolute atomic E-state index is 0.125. The summed E-state index contributed by atoms with van der Waals surface area (Å²) in [7, 11) is 0. The molecule has 0 spiro atoms. The number of hydrogen-bond acceptors (Lipinski definition) is 3. The minimum atomic E-state index is -1.01. The van der Waals surface area contributed by atoms with Crippen molar-refractivity contribution >= 4 is 11.9 Å². The molecule has 2 atom stereocenters. The van der Waals surface area contributed by atoms with E-state index in [-0.39, 0.29) is 17.9 Å². The van der Waals surface area contributed by atoms with Crippen LogP contribution in [0.1, 0.15) is 50.0 Å². The molecule has 1 aromatic rings. The van der Waals surface area contributed by atoms with Gasteiger partial charge in [0.15, 0.2) is 0 Å². The van der Waals surface area contributed by atoms with Crippen LogP contribution >= 0.6 is 0 Å². The number of amides is 1. The summed E-state index contributed by atoms with van der Waals surface area (Å²) in [5.41, 5.74) is 1.42. The maximum absolute atomic E-state index is 12.2. The van der Waals surface area contributed by atoms with E-state index >= 15 is 0 Å². The highest BCUT2D eigenvalue weighted by Gasteiger charge is 2.25. The Balaban J connectivity index is 2.70. The number of aliphatic carboxylic acids is 1. The number of benzene rings is 1. The van der Waals surface area contributed by atoms with Gasteiger partial charge in [0.05, 0.1) is 12.7 Å². The van der Waals surface area contributed by atoms with Crippen molar-refractivity contribution in [1.82, 2.24) is 5.32 Å². The van der Waals surface area contributed by atoms with E-state index in [0.29, 0.717) is 18.6 Å². The molecular weight excluding hydrogens is 282 g/mol. The molecule has 122 valence electrons. The molecule has 1 amide bonds. The lowest BCUT2D eigenvalue weighted by molar-refractivity contribution is -0.140. The van der Waals surface area contributed by atoms with E-state index in [2.05, 4.69) is 5.32 Å². The van der Waals surface area contributed by atoms with Crippen LogP contribution in [0.4, 0.5) is 0 Å². The number of carbonyl (C=O) groups excluding carboxylic acids is 1. The van der Waals surface area contributed by atoms with Crippen molar-refractivity contribution in [2.24, 2.45) is 5.92 Å². The van der Waals surface area contributed by atoms with E-state index in [1.165, 1.54) is 0 Å². The fraction of sp³-hybridized carbons (Fsp3) is 0.529. The second kappa shape index (κ2) is 8.54. The second-order valence-corrected chi connectivity index (χ2v) is 5.73. The lowest BCUT2D eigenvalue weighted by atomic mass is 9.99. The average Bonchev–Trinajstić information content (AvgIpc) is 2.49. The molecule has 0 aliphatic carbocycles. The van der Waals surface area contributed by atoms with Crippen LogP contribution in [0.3, 0.4) is 0 Å². The van der Waals surface area contributed by atoms with E-state index in [1.54, 1.807) is 12.1 Å². The summed E-state index contributed by atoms with van der Waals surface area (Å²) in [6.45, 7) is 8.12. The number of carboxylic acids is 1. The van der Waals surface area contributed by atoms with Gasteiger partial charge in [0.1, 0.15) is 6.04 Å². The van der Waals surface area contributed by atoms with E-state index in [4.69, 9.17) is 4.74 Å². The Kier molecular flexibility index (Phi) is 7.05. The normalized spacial score (nSPS) is 13.7. The van der Waals surface area contributed by atoms with Gasteiger partial charge >= 0.3 is 5.97 Å². The first-order valence-corrected chi connectivity index (χ1v) is 7.59. The Bertz CT molecular complexity index is 496. The molecule has 5 heteroatoms. The molecular formula is C17H25NO4. The molecule has 1 rings (SSSR count). The van der Waals surface area contributed by atoms with Gasteiger partial charge in [-0.25, -0.2) is 4.79 Å². The first-order chi connectivity index (χ1) is 10.3. The number of carbonyl (C=O) groups is 2. The molecule has 0 aromatic heterocycles. The summed E-state index contributed by atoms with van der Waals surface area (Å²) in [5, 5.41) is 11.8. The van der Waals surface area contributed by atoms with Crippen LogP contribution in [0, 0.1) is 5.92 Å². The summed E-state index contributed by atoms with van der Waals surface area (Å²) in [4.78, 5) is 23.4. The van der Waals surface area contributed by atoms with Gasteiger partial charge in [-0.05, 0) is 37.5 Å². The van der Waals surface area contributed by atoms with Gasteiger partial charge in [-0.1, -0.05) is 32.4 Å². The molecule has 2 N–H and O–H groups in total. The Morgan fingerprint density at radius 3 is 2.23 bits per heavy atom. The molecule has 1 aromatic carbocycles. The molecule has 5 nitrogen and oxygen atoms in total. The zero-order valence-electron chi connectivity index (χ0n) is 13.6. The van der Waals surface area contributed by atoms with Crippen LogP contribution < -0.4 is 5.32 Å². The fourth-order valence-electron chi connectivity index (χ4n) is 1.92. The molecule has 22 heavy (non-hydrogen) atoms. The molecule has 0 aliphatic rings. The van der Waals surface area contributed by atoms with E-state index in [1.807, 2.05) is 39.8 Å². The predicted molar refractivity (Wildman–Crippen MR) is 84.7 cm³/mol. The van der Waals surface area contributed by atoms with Crippen molar-refractivity contribution in [2.45, 2.75) is 52.9 Å². The molecule has 0 aliphatic heterocycles. The Morgan fingerprint density at radius 2 is 1.77 bits per heavy atom. The van der Waals surface area contributed by atoms with Gasteiger partial charge in [0, 0.05) is 5.56 Å². The standard InChI is InChI=1S/C17H25NO4/c1-5-12(4)15(17(20)21)18-16(19)14-8-6-13(7-9-14)10-22-11(2)3/h6-9,11-12,15H,5,10H2,1-4H3,(H,18,19)(H,20,21)/t12-,15-/m0/s1. The number of nitrogens with one attached hydrogen (secondary N) is 1. The maximum atomic E-state index is 12.2. The van der Waals surface area contributed by atoms with Gasteiger partial charge in [0.25, 0.3) is 5.91 Å². The molecule has 0 fully saturated rings. The summed E-state index contributed by atoms with van der Waals surface area (Å²) in [5.74, 6) is -1.51. The van der Waals surface area contributed by atoms with Crippen molar-refractivity contribution in [3.63, 3.8) is 0 Å². The zero-order chi connectivity index (χ0) is 16.7. The Labute approximate surface area is 131 Å². The van der Waals surface area contributed by atoms with Crippen molar-refractivity contribution in [3.8, 4) is 0 Å². The zero-order valence-corrected chi connectivity index (χ0v) is 13.6. The molecule has 0 saturated carbocycles. The van der Waals surface area contributed by atoms with Crippen LogP contribution in [0.5, 0.6) is 0 Å². The number of ether oxygens (including phenoxy) is 1. The first-order valence-electron chi connectivity index (χ1n) is 7.59. The highest BCUT2D eigenvalue weighted by molar-refractivity contribution is 5.96. The topological polar surface area (TPSA) is 75.6 Å². The van der Waals surface area contributed by atoms with Crippen LogP contribution in [0.2, 0.25) is 0 Å². The summed E-state index contributed by atoms with van der Waals surface area (Å²) < 4.78 is 5.49. The monoisotopic (exact) mass is 307 g/mol. The molecule has 0 radical (unpaired) electrons. The SMILES string of the molecule is CC[C@H](C)[C@H](NC(=O)c1ccc(COC(C)C)cc1)C(=O)O.